The number of rotatable bonds is 7. The van der Waals surface area contributed by atoms with Crippen molar-refractivity contribution in [3.05, 3.63) is 23.2 Å². The first-order valence-electron chi connectivity index (χ1n) is 9.45. The Morgan fingerprint density at radius 2 is 2.23 bits per heavy atom. The van der Waals surface area contributed by atoms with Crippen LogP contribution in [0.15, 0.2) is 15.5 Å². The maximum Gasteiger partial charge on any atom is 0.341 e. The molecule has 0 aliphatic carbocycles. The molecule has 1 fully saturated rings. The predicted octanol–water partition coefficient (Wildman–Crippen LogP) is 2.30. The molecule has 7 nitrogen and oxygen atoms in total. The number of aryl methyl sites for hydroxylation is 1. The number of ether oxygens (including phenoxy) is 1. The third-order valence-electron chi connectivity index (χ3n) is 4.94. The smallest absolute Gasteiger partial charge is 0.341 e. The zero-order valence-electron chi connectivity index (χ0n) is 16.4. The van der Waals surface area contributed by atoms with Gasteiger partial charge in [-0.05, 0) is 38.8 Å². The maximum atomic E-state index is 11.6. The van der Waals surface area contributed by atoms with E-state index in [0.717, 1.165) is 19.0 Å². The van der Waals surface area contributed by atoms with Crippen molar-refractivity contribution in [2.45, 2.75) is 52.1 Å². The molecule has 0 radical (unpaired) electrons. The first-order valence-corrected chi connectivity index (χ1v) is 9.45. The van der Waals surface area contributed by atoms with Crippen molar-refractivity contribution in [2.24, 2.45) is 4.99 Å². The SMILES string of the molecule is CCC1CCCCN1CCNC(=NC)NCc1cc(C(=O)OC)c(C)o1. The highest BCUT2D eigenvalue weighted by atomic mass is 16.5. The average Bonchev–Trinajstić information content (AvgIpc) is 3.04. The Balaban J connectivity index is 1.78. The van der Waals surface area contributed by atoms with E-state index in [1.165, 1.54) is 39.3 Å². The summed E-state index contributed by atoms with van der Waals surface area (Å²) in [6.07, 6.45) is 5.17. The lowest BCUT2D eigenvalue weighted by molar-refractivity contribution is 0.0599. The van der Waals surface area contributed by atoms with E-state index in [2.05, 4.69) is 27.4 Å². The van der Waals surface area contributed by atoms with E-state index in [0.29, 0.717) is 29.7 Å². The molecule has 2 N–H and O–H groups in total. The number of nitrogens with one attached hydrogen (secondary N) is 2. The second-order valence-corrected chi connectivity index (χ2v) is 6.62. The number of piperidine rings is 1. The van der Waals surface area contributed by atoms with Crippen molar-refractivity contribution >= 4 is 11.9 Å². The van der Waals surface area contributed by atoms with Crippen LogP contribution in [-0.4, -0.2) is 56.7 Å². The topological polar surface area (TPSA) is 79.1 Å². The number of carbonyl (C=O) groups excluding carboxylic acids is 1. The van der Waals surface area contributed by atoms with Crippen molar-refractivity contribution in [3.8, 4) is 0 Å². The summed E-state index contributed by atoms with van der Waals surface area (Å²) in [5, 5.41) is 6.57. The van der Waals surface area contributed by atoms with Crippen LogP contribution in [0.5, 0.6) is 0 Å². The Labute approximate surface area is 156 Å². The van der Waals surface area contributed by atoms with Gasteiger partial charge >= 0.3 is 5.97 Å². The summed E-state index contributed by atoms with van der Waals surface area (Å²) in [5.74, 6) is 1.58. The first-order chi connectivity index (χ1) is 12.6. The number of esters is 1. The number of aliphatic imine (C=N–C) groups is 1. The second kappa shape index (κ2) is 10.2. The van der Waals surface area contributed by atoms with Crippen molar-refractivity contribution in [1.82, 2.24) is 15.5 Å². The van der Waals surface area contributed by atoms with E-state index < -0.39 is 0 Å². The largest absolute Gasteiger partial charge is 0.465 e. The van der Waals surface area contributed by atoms with Gasteiger partial charge in [-0.3, -0.25) is 9.89 Å². The molecular formula is C19H32N4O3. The number of nitrogens with zero attached hydrogens (tertiary/aromatic N) is 2. The lowest BCUT2D eigenvalue weighted by Crippen LogP contribution is -2.45. The number of guanidine groups is 1. The molecule has 1 aromatic heterocycles. The molecule has 1 aliphatic heterocycles. The average molecular weight is 364 g/mol. The molecule has 1 saturated heterocycles. The summed E-state index contributed by atoms with van der Waals surface area (Å²) in [4.78, 5) is 18.5. The minimum Gasteiger partial charge on any atom is -0.465 e. The van der Waals surface area contributed by atoms with Crippen LogP contribution in [0.25, 0.3) is 0 Å². The molecule has 2 rings (SSSR count). The van der Waals surface area contributed by atoms with Crippen molar-refractivity contribution in [1.29, 1.82) is 0 Å². The van der Waals surface area contributed by atoms with Gasteiger partial charge in [-0.1, -0.05) is 13.3 Å². The molecule has 1 atom stereocenters. The van der Waals surface area contributed by atoms with E-state index in [4.69, 9.17) is 9.15 Å². The molecule has 0 aromatic carbocycles. The summed E-state index contributed by atoms with van der Waals surface area (Å²) in [7, 11) is 3.11. The maximum absolute atomic E-state index is 11.6. The van der Waals surface area contributed by atoms with Gasteiger partial charge < -0.3 is 19.8 Å². The Hall–Kier alpha value is -2.02. The standard InChI is InChI=1S/C19H32N4O3/c1-5-15-8-6-7-10-23(15)11-9-21-19(20-3)22-13-16-12-17(14(2)26-16)18(24)25-4/h12,15H,5-11,13H2,1-4H3,(H2,20,21,22). The Kier molecular flexibility index (Phi) is 7.97. The van der Waals surface area contributed by atoms with E-state index in [1.807, 2.05) is 0 Å². The van der Waals surface area contributed by atoms with Gasteiger partial charge in [0.15, 0.2) is 5.96 Å². The monoisotopic (exact) mass is 364 g/mol. The number of likely N-dealkylation sites (tertiary alicyclic amines) is 1. The molecule has 1 aromatic rings. The number of carbonyl (C=O) groups is 1. The number of furan rings is 1. The highest BCUT2D eigenvalue weighted by molar-refractivity contribution is 5.90. The fraction of sp³-hybridized carbons (Fsp3) is 0.684. The summed E-state index contributed by atoms with van der Waals surface area (Å²) in [6.45, 7) is 7.54. The first kappa shape index (κ1) is 20.3. The van der Waals surface area contributed by atoms with Crippen LogP contribution in [0.3, 0.4) is 0 Å². The molecule has 26 heavy (non-hydrogen) atoms. The van der Waals surface area contributed by atoms with Crippen LogP contribution >= 0.6 is 0 Å². The van der Waals surface area contributed by atoms with Gasteiger partial charge in [0.1, 0.15) is 17.1 Å². The summed E-state index contributed by atoms with van der Waals surface area (Å²) in [6, 6.07) is 2.42. The lowest BCUT2D eigenvalue weighted by atomic mass is 10.0. The quantitative estimate of drug-likeness (QED) is 0.439. The van der Waals surface area contributed by atoms with Gasteiger partial charge in [-0.2, -0.15) is 0 Å². The zero-order valence-corrected chi connectivity index (χ0v) is 16.4. The highest BCUT2D eigenvalue weighted by Gasteiger charge is 2.20. The molecular weight excluding hydrogens is 332 g/mol. The summed E-state index contributed by atoms with van der Waals surface area (Å²) < 4.78 is 10.4. The van der Waals surface area contributed by atoms with Gasteiger partial charge in [0.25, 0.3) is 0 Å². The van der Waals surface area contributed by atoms with E-state index in [1.54, 1.807) is 20.0 Å². The van der Waals surface area contributed by atoms with E-state index >= 15 is 0 Å². The number of hydrogen-bond donors (Lipinski definition) is 2. The molecule has 2 heterocycles. The second-order valence-electron chi connectivity index (χ2n) is 6.62. The summed E-state index contributed by atoms with van der Waals surface area (Å²) in [5.41, 5.74) is 0.461. The van der Waals surface area contributed by atoms with Crippen molar-refractivity contribution in [3.63, 3.8) is 0 Å². The van der Waals surface area contributed by atoms with Gasteiger partial charge in [-0.25, -0.2) is 4.79 Å². The number of hydrogen-bond acceptors (Lipinski definition) is 5. The third-order valence-corrected chi connectivity index (χ3v) is 4.94. The lowest BCUT2D eigenvalue weighted by Gasteiger charge is -2.35. The Morgan fingerprint density at radius 3 is 2.92 bits per heavy atom. The fourth-order valence-corrected chi connectivity index (χ4v) is 3.47. The van der Waals surface area contributed by atoms with Crippen molar-refractivity contribution < 1.29 is 13.9 Å². The fourth-order valence-electron chi connectivity index (χ4n) is 3.47. The van der Waals surface area contributed by atoms with Gasteiger partial charge in [0.05, 0.1) is 13.7 Å². The van der Waals surface area contributed by atoms with Crippen molar-refractivity contribution in [2.75, 3.05) is 33.8 Å². The molecule has 0 amide bonds. The van der Waals surface area contributed by atoms with Crippen LogP contribution in [0.2, 0.25) is 0 Å². The minimum atomic E-state index is -0.382. The summed E-state index contributed by atoms with van der Waals surface area (Å²) >= 11 is 0. The molecule has 0 spiro atoms. The van der Waals surface area contributed by atoms with Crippen LogP contribution in [-0.2, 0) is 11.3 Å². The number of methoxy groups -OCH3 is 1. The van der Waals surface area contributed by atoms with Gasteiger partial charge in [0, 0.05) is 26.2 Å². The van der Waals surface area contributed by atoms with Gasteiger partial charge in [0.2, 0.25) is 0 Å². The molecule has 146 valence electrons. The van der Waals surface area contributed by atoms with Crippen LogP contribution in [0.1, 0.15) is 54.5 Å². The molecule has 0 bridgehead atoms. The third kappa shape index (κ3) is 5.49. The normalized spacial score (nSPS) is 18.6. The molecule has 0 saturated carbocycles. The predicted molar refractivity (Wildman–Crippen MR) is 102 cm³/mol. The molecule has 7 heteroatoms. The molecule has 1 unspecified atom stereocenters. The zero-order chi connectivity index (χ0) is 18.9. The Bertz CT molecular complexity index is 612. The van der Waals surface area contributed by atoms with Gasteiger partial charge in [-0.15, -0.1) is 0 Å². The van der Waals surface area contributed by atoms with E-state index in [9.17, 15) is 4.79 Å². The highest BCUT2D eigenvalue weighted by Crippen LogP contribution is 2.18. The van der Waals surface area contributed by atoms with Crippen LogP contribution < -0.4 is 10.6 Å². The minimum absolute atomic E-state index is 0.382. The molecule has 1 aliphatic rings. The van der Waals surface area contributed by atoms with Crippen LogP contribution in [0, 0.1) is 6.92 Å². The van der Waals surface area contributed by atoms with E-state index in [-0.39, 0.29) is 5.97 Å². The Morgan fingerprint density at radius 1 is 1.42 bits per heavy atom. The van der Waals surface area contributed by atoms with Crippen LogP contribution in [0.4, 0.5) is 0 Å².